The first-order valence-electron chi connectivity index (χ1n) is 12.1. The number of carbonyl (C=O) groups is 1. The van der Waals surface area contributed by atoms with Gasteiger partial charge >= 0.3 is 0 Å². The molecule has 0 bridgehead atoms. The van der Waals surface area contributed by atoms with E-state index in [0.29, 0.717) is 18.7 Å². The number of phenols is 1. The molecule has 1 spiro atoms. The zero-order valence-electron chi connectivity index (χ0n) is 19.2. The van der Waals surface area contributed by atoms with Gasteiger partial charge in [-0.3, -0.25) is 4.79 Å². The Bertz CT molecular complexity index is 1380. The van der Waals surface area contributed by atoms with Crippen LogP contribution in [-0.4, -0.2) is 51.1 Å². The average Bonchev–Trinajstić information content (AvgIpc) is 3.15. The number of hydrogen-bond donors (Lipinski definition) is 1. The van der Waals surface area contributed by atoms with Crippen molar-refractivity contribution in [2.75, 3.05) is 24.5 Å². The molecule has 6 heteroatoms. The topological polar surface area (TPSA) is 69.6 Å². The summed E-state index contributed by atoms with van der Waals surface area (Å²) in [5.74, 6) is 0.977. The van der Waals surface area contributed by atoms with Gasteiger partial charge in [-0.1, -0.05) is 36.4 Å². The summed E-state index contributed by atoms with van der Waals surface area (Å²) < 4.78 is 0. The molecule has 34 heavy (non-hydrogen) atoms. The van der Waals surface area contributed by atoms with Crippen LogP contribution in [0.2, 0.25) is 0 Å². The highest BCUT2D eigenvalue weighted by Crippen LogP contribution is 2.42. The lowest BCUT2D eigenvalue weighted by Crippen LogP contribution is -2.45. The number of nitrogens with zero attached hydrogens (tertiary/aromatic N) is 4. The van der Waals surface area contributed by atoms with Crippen molar-refractivity contribution in [3.63, 3.8) is 0 Å². The molecule has 2 saturated heterocycles. The van der Waals surface area contributed by atoms with Crippen molar-refractivity contribution in [3.8, 4) is 5.75 Å². The summed E-state index contributed by atoms with van der Waals surface area (Å²) in [5.41, 5.74) is 1.35. The lowest BCUT2D eigenvalue weighted by Gasteiger charge is -2.39. The number of fused-ring (bicyclic) bond motifs is 2. The Labute approximate surface area is 198 Å². The number of benzene rings is 3. The fourth-order valence-corrected chi connectivity index (χ4v) is 5.95. The Morgan fingerprint density at radius 2 is 1.59 bits per heavy atom. The molecule has 0 aliphatic carbocycles. The summed E-state index contributed by atoms with van der Waals surface area (Å²) in [5, 5.41) is 13.6. The molecule has 4 aromatic rings. The van der Waals surface area contributed by atoms with Gasteiger partial charge in [-0.15, -0.1) is 0 Å². The van der Waals surface area contributed by atoms with Crippen molar-refractivity contribution < 1.29 is 9.90 Å². The second-order valence-electron chi connectivity index (χ2n) is 9.56. The van der Waals surface area contributed by atoms with E-state index in [4.69, 9.17) is 4.98 Å². The van der Waals surface area contributed by atoms with Gasteiger partial charge in [0.15, 0.2) is 0 Å². The molecular weight excluding hydrogens is 424 g/mol. The van der Waals surface area contributed by atoms with Crippen molar-refractivity contribution in [1.29, 1.82) is 0 Å². The fourth-order valence-electron chi connectivity index (χ4n) is 5.95. The monoisotopic (exact) mass is 452 g/mol. The van der Waals surface area contributed by atoms with Crippen LogP contribution in [0.25, 0.3) is 21.7 Å². The minimum atomic E-state index is -0.0858. The molecule has 1 aromatic heterocycles. The van der Waals surface area contributed by atoms with Crippen LogP contribution in [-0.2, 0) is 0 Å². The van der Waals surface area contributed by atoms with Crippen molar-refractivity contribution in [2.24, 2.45) is 0 Å². The normalized spacial score (nSPS) is 20.8. The number of hydrogen-bond acceptors (Lipinski definition) is 5. The Morgan fingerprint density at radius 1 is 0.853 bits per heavy atom. The van der Waals surface area contributed by atoms with E-state index >= 15 is 0 Å². The van der Waals surface area contributed by atoms with Gasteiger partial charge in [-0.05, 0) is 67.1 Å². The van der Waals surface area contributed by atoms with Crippen molar-refractivity contribution in [1.82, 2.24) is 14.9 Å². The maximum Gasteiger partial charge on any atom is 0.257 e. The minimum Gasteiger partial charge on any atom is -0.507 e. The Hall–Kier alpha value is -3.67. The molecule has 1 atom stereocenters. The Balaban J connectivity index is 1.28. The van der Waals surface area contributed by atoms with E-state index in [1.54, 1.807) is 12.4 Å². The molecule has 1 amide bonds. The molecule has 2 aliphatic rings. The number of para-hydroxylation sites is 1. The van der Waals surface area contributed by atoms with Crippen molar-refractivity contribution in [2.45, 2.75) is 37.6 Å². The third-order valence-corrected chi connectivity index (χ3v) is 7.67. The van der Waals surface area contributed by atoms with Crippen molar-refractivity contribution >= 4 is 33.4 Å². The first kappa shape index (κ1) is 20.9. The van der Waals surface area contributed by atoms with Crippen LogP contribution in [0.5, 0.6) is 5.75 Å². The van der Waals surface area contributed by atoms with Gasteiger partial charge < -0.3 is 14.9 Å². The maximum absolute atomic E-state index is 13.5. The Kier molecular flexibility index (Phi) is 5.09. The summed E-state index contributed by atoms with van der Waals surface area (Å²) in [6.45, 7) is 2.34. The molecular formula is C28H28N4O2. The standard InChI is InChI=1S/C28H28N4O2/c33-25-18-21-8-2-1-7-20(21)17-23(25)27(34)31-14-5-11-28(13-16-31)12-6-15-32(28)26-22-9-3-4-10-24(22)29-19-30-26/h1-4,7-10,17-19,33H,5-6,11-16H2/t28-/m1/s1. The van der Waals surface area contributed by atoms with Gasteiger partial charge in [-0.2, -0.15) is 0 Å². The number of anilines is 1. The van der Waals surface area contributed by atoms with Crippen LogP contribution in [0.3, 0.4) is 0 Å². The smallest absolute Gasteiger partial charge is 0.257 e. The highest BCUT2D eigenvalue weighted by molar-refractivity contribution is 6.01. The predicted octanol–water partition coefficient (Wildman–Crippen LogP) is 5.15. The van der Waals surface area contributed by atoms with Crippen LogP contribution in [0.15, 0.2) is 67.0 Å². The quantitative estimate of drug-likeness (QED) is 0.455. The van der Waals surface area contributed by atoms with E-state index < -0.39 is 0 Å². The zero-order valence-corrected chi connectivity index (χ0v) is 19.2. The van der Waals surface area contributed by atoms with Gasteiger partial charge in [0.05, 0.1) is 11.1 Å². The summed E-state index contributed by atoms with van der Waals surface area (Å²) in [7, 11) is 0. The maximum atomic E-state index is 13.5. The third-order valence-electron chi connectivity index (χ3n) is 7.67. The van der Waals surface area contributed by atoms with Crippen LogP contribution >= 0.6 is 0 Å². The third kappa shape index (κ3) is 3.45. The summed E-state index contributed by atoms with van der Waals surface area (Å²) in [4.78, 5) is 27.0. The average molecular weight is 453 g/mol. The molecule has 6 rings (SSSR count). The van der Waals surface area contributed by atoms with E-state index in [-0.39, 0.29) is 17.2 Å². The van der Waals surface area contributed by atoms with Gasteiger partial charge in [0.2, 0.25) is 0 Å². The number of aromatic nitrogens is 2. The summed E-state index contributed by atoms with van der Waals surface area (Å²) >= 11 is 0. The zero-order chi connectivity index (χ0) is 23.1. The molecule has 3 heterocycles. The number of carbonyl (C=O) groups excluding carboxylic acids is 1. The number of phenolic OH excluding ortho intramolecular Hbond substituents is 1. The molecule has 2 fully saturated rings. The van der Waals surface area contributed by atoms with Gasteiger partial charge in [-0.25, -0.2) is 9.97 Å². The van der Waals surface area contributed by atoms with E-state index in [0.717, 1.165) is 66.1 Å². The number of rotatable bonds is 2. The second-order valence-corrected chi connectivity index (χ2v) is 9.56. The van der Waals surface area contributed by atoms with Crippen LogP contribution in [0, 0.1) is 0 Å². The largest absolute Gasteiger partial charge is 0.507 e. The van der Waals surface area contributed by atoms with Gasteiger partial charge in [0.1, 0.15) is 17.9 Å². The molecule has 172 valence electrons. The first-order chi connectivity index (χ1) is 16.6. The lowest BCUT2D eigenvalue weighted by molar-refractivity contribution is 0.0756. The van der Waals surface area contributed by atoms with E-state index in [1.165, 1.54) is 0 Å². The molecule has 1 N–H and O–H groups in total. The summed E-state index contributed by atoms with van der Waals surface area (Å²) in [6, 6.07) is 19.5. The second kappa shape index (κ2) is 8.28. The lowest BCUT2D eigenvalue weighted by atomic mass is 9.87. The first-order valence-corrected chi connectivity index (χ1v) is 12.1. The molecule has 0 saturated carbocycles. The van der Waals surface area contributed by atoms with Gasteiger partial charge in [0, 0.05) is 30.6 Å². The molecule has 2 aliphatic heterocycles. The molecule has 6 nitrogen and oxygen atoms in total. The molecule has 3 aromatic carbocycles. The summed E-state index contributed by atoms with van der Waals surface area (Å²) in [6.07, 6.45) is 6.74. The fraction of sp³-hybridized carbons (Fsp3) is 0.321. The highest BCUT2D eigenvalue weighted by atomic mass is 16.3. The molecule has 0 unspecified atom stereocenters. The van der Waals surface area contributed by atoms with E-state index in [1.807, 2.05) is 53.4 Å². The van der Waals surface area contributed by atoms with Crippen LogP contribution < -0.4 is 4.90 Å². The number of aromatic hydroxyl groups is 1. The highest BCUT2D eigenvalue weighted by Gasteiger charge is 2.43. The van der Waals surface area contributed by atoms with E-state index in [9.17, 15) is 9.90 Å². The number of likely N-dealkylation sites (tertiary alicyclic amines) is 1. The van der Waals surface area contributed by atoms with E-state index in [2.05, 4.69) is 16.0 Å². The molecule has 0 radical (unpaired) electrons. The van der Waals surface area contributed by atoms with Crippen LogP contribution in [0.1, 0.15) is 42.5 Å². The van der Waals surface area contributed by atoms with Crippen molar-refractivity contribution in [3.05, 3.63) is 72.6 Å². The number of amides is 1. The predicted molar refractivity (Wildman–Crippen MR) is 134 cm³/mol. The van der Waals surface area contributed by atoms with Gasteiger partial charge in [0.25, 0.3) is 5.91 Å². The SMILES string of the molecule is O=C(c1cc2ccccc2cc1O)N1CCC[C@@]2(CCCN2c2ncnc3ccccc23)CC1. The van der Waals surface area contributed by atoms with Crippen LogP contribution in [0.4, 0.5) is 5.82 Å². The Morgan fingerprint density at radius 3 is 2.44 bits per heavy atom. The minimum absolute atomic E-state index is 0.00240.